The molecular formula is C17H12FN7O. The van der Waals surface area contributed by atoms with Gasteiger partial charge >= 0.3 is 0 Å². The lowest BCUT2D eigenvalue weighted by atomic mass is 10.1. The van der Waals surface area contributed by atoms with Gasteiger partial charge in [0.2, 0.25) is 0 Å². The van der Waals surface area contributed by atoms with Crippen LogP contribution < -0.4 is 5.32 Å². The number of aromatic nitrogens is 6. The molecule has 4 aromatic rings. The first-order valence-corrected chi connectivity index (χ1v) is 7.64. The number of halogens is 1. The van der Waals surface area contributed by atoms with Crippen LogP contribution in [0.15, 0.2) is 61.2 Å². The fourth-order valence-electron chi connectivity index (χ4n) is 2.34. The number of nitrogens with zero attached hydrogens (tertiary/aromatic N) is 5. The molecule has 8 nitrogen and oxygen atoms in total. The smallest absolute Gasteiger partial charge is 0.274 e. The molecule has 0 aliphatic heterocycles. The highest BCUT2D eigenvalue weighted by Gasteiger charge is 2.13. The highest BCUT2D eigenvalue weighted by Crippen LogP contribution is 2.18. The SMILES string of the molecule is O=C(Nc1cc(-n2cccn2)ncn1)c1cc(-c2ccc(F)cc2)n[nH]1. The van der Waals surface area contributed by atoms with E-state index in [-0.39, 0.29) is 11.5 Å². The number of amides is 1. The minimum atomic E-state index is -0.407. The topological polar surface area (TPSA) is 101 Å². The second-order valence-electron chi connectivity index (χ2n) is 5.34. The lowest BCUT2D eigenvalue weighted by Crippen LogP contribution is -2.14. The summed E-state index contributed by atoms with van der Waals surface area (Å²) in [6, 6.07) is 10.8. The molecule has 0 aliphatic rings. The van der Waals surface area contributed by atoms with E-state index in [1.165, 1.54) is 18.5 Å². The standard InChI is InChI=1S/C17H12FN7O/c18-12-4-2-11(3-5-12)13-8-14(24-23-13)17(26)22-15-9-16(20-10-19-15)25-7-1-6-21-25/h1-10H,(H,23,24)(H,19,20,22,26). The zero-order valence-corrected chi connectivity index (χ0v) is 13.3. The number of anilines is 1. The molecule has 0 unspecified atom stereocenters. The summed E-state index contributed by atoms with van der Waals surface area (Å²) < 4.78 is 14.6. The lowest BCUT2D eigenvalue weighted by Gasteiger charge is -2.04. The molecule has 0 spiro atoms. The fourth-order valence-corrected chi connectivity index (χ4v) is 2.34. The van der Waals surface area contributed by atoms with Gasteiger partial charge in [-0.25, -0.2) is 19.0 Å². The monoisotopic (exact) mass is 349 g/mol. The van der Waals surface area contributed by atoms with Crippen LogP contribution >= 0.6 is 0 Å². The van der Waals surface area contributed by atoms with E-state index in [9.17, 15) is 9.18 Å². The van der Waals surface area contributed by atoms with E-state index in [1.807, 2.05) is 0 Å². The Balaban J connectivity index is 1.52. The molecule has 0 saturated carbocycles. The van der Waals surface area contributed by atoms with E-state index in [0.29, 0.717) is 22.9 Å². The predicted octanol–water partition coefficient (Wildman–Crippen LogP) is 2.44. The van der Waals surface area contributed by atoms with Gasteiger partial charge in [0.1, 0.15) is 23.7 Å². The van der Waals surface area contributed by atoms with Crippen molar-refractivity contribution in [3.05, 3.63) is 72.7 Å². The highest BCUT2D eigenvalue weighted by molar-refractivity contribution is 6.03. The zero-order chi connectivity index (χ0) is 17.9. The number of aromatic amines is 1. The number of benzene rings is 1. The van der Waals surface area contributed by atoms with Gasteiger partial charge in [0, 0.05) is 24.0 Å². The summed E-state index contributed by atoms with van der Waals surface area (Å²) in [6.45, 7) is 0. The third-order valence-electron chi connectivity index (χ3n) is 3.60. The van der Waals surface area contributed by atoms with Gasteiger partial charge in [-0.15, -0.1) is 0 Å². The van der Waals surface area contributed by atoms with Crippen LogP contribution in [0.2, 0.25) is 0 Å². The largest absolute Gasteiger partial charge is 0.305 e. The number of hydrogen-bond donors (Lipinski definition) is 2. The third kappa shape index (κ3) is 3.18. The minimum absolute atomic E-state index is 0.253. The van der Waals surface area contributed by atoms with Gasteiger partial charge in [0.05, 0.1) is 5.69 Å². The molecule has 9 heteroatoms. The molecule has 0 fully saturated rings. The third-order valence-corrected chi connectivity index (χ3v) is 3.60. The van der Waals surface area contributed by atoms with Gasteiger partial charge in [-0.3, -0.25) is 9.89 Å². The van der Waals surface area contributed by atoms with Crippen molar-refractivity contribution in [3.8, 4) is 17.1 Å². The Morgan fingerprint density at radius 2 is 2.00 bits per heavy atom. The number of rotatable bonds is 4. The molecule has 3 heterocycles. The van der Waals surface area contributed by atoms with Crippen LogP contribution in [0, 0.1) is 5.82 Å². The van der Waals surface area contributed by atoms with Crippen molar-refractivity contribution in [3.63, 3.8) is 0 Å². The van der Waals surface area contributed by atoms with Crippen LogP contribution in [-0.2, 0) is 0 Å². The zero-order valence-electron chi connectivity index (χ0n) is 13.3. The lowest BCUT2D eigenvalue weighted by molar-refractivity contribution is 0.102. The quantitative estimate of drug-likeness (QED) is 0.589. The van der Waals surface area contributed by atoms with Gasteiger partial charge in [0.25, 0.3) is 5.91 Å². The Morgan fingerprint density at radius 1 is 1.15 bits per heavy atom. The Hall–Kier alpha value is -3.88. The van der Waals surface area contributed by atoms with Crippen LogP contribution in [0.3, 0.4) is 0 Å². The van der Waals surface area contributed by atoms with Crippen molar-refractivity contribution in [1.29, 1.82) is 0 Å². The molecular weight excluding hydrogens is 337 g/mol. The van der Waals surface area contributed by atoms with Crippen LogP contribution in [0.25, 0.3) is 17.1 Å². The minimum Gasteiger partial charge on any atom is -0.305 e. The van der Waals surface area contributed by atoms with Crippen molar-refractivity contribution in [1.82, 2.24) is 29.9 Å². The summed E-state index contributed by atoms with van der Waals surface area (Å²) >= 11 is 0. The first-order valence-electron chi connectivity index (χ1n) is 7.64. The summed E-state index contributed by atoms with van der Waals surface area (Å²) in [6.07, 6.45) is 4.70. The van der Waals surface area contributed by atoms with Crippen molar-refractivity contribution in [2.45, 2.75) is 0 Å². The summed E-state index contributed by atoms with van der Waals surface area (Å²) in [5, 5.41) is 13.5. The molecule has 0 radical (unpaired) electrons. The number of carbonyl (C=O) groups excluding carboxylic acids is 1. The predicted molar refractivity (Wildman–Crippen MR) is 91.1 cm³/mol. The Bertz CT molecular complexity index is 1040. The average Bonchev–Trinajstić information content (AvgIpc) is 3.35. The Morgan fingerprint density at radius 3 is 2.77 bits per heavy atom. The molecule has 1 aromatic carbocycles. The maximum Gasteiger partial charge on any atom is 0.274 e. The molecule has 1 amide bonds. The maximum atomic E-state index is 13.0. The number of nitrogens with one attached hydrogen (secondary N) is 2. The second kappa shape index (κ2) is 6.55. The first-order chi connectivity index (χ1) is 12.7. The average molecular weight is 349 g/mol. The van der Waals surface area contributed by atoms with Crippen LogP contribution in [0.4, 0.5) is 10.2 Å². The number of carbonyl (C=O) groups is 1. The van der Waals surface area contributed by atoms with Crippen molar-refractivity contribution < 1.29 is 9.18 Å². The summed E-state index contributed by atoms with van der Waals surface area (Å²) in [5.74, 6) is 0.111. The maximum absolute atomic E-state index is 13.0. The van der Waals surface area contributed by atoms with E-state index >= 15 is 0 Å². The van der Waals surface area contributed by atoms with Gasteiger partial charge in [0.15, 0.2) is 5.82 Å². The molecule has 0 saturated heterocycles. The molecule has 4 rings (SSSR count). The van der Waals surface area contributed by atoms with Crippen molar-refractivity contribution >= 4 is 11.7 Å². The second-order valence-corrected chi connectivity index (χ2v) is 5.34. The molecule has 3 aromatic heterocycles. The molecule has 128 valence electrons. The molecule has 0 aliphatic carbocycles. The van der Waals surface area contributed by atoms with Crippen molar-refractivity contribution in [2.24, 2.45) is 0 Å². The van der Waals surface area contributed by atoms with Gasteiger partial charge in [-0.1, -0.05) is 0 Å². The van der Waals surface area contributed by atoms with E-state index < -0.39 is 5.91 Å². The van der Waals surface area contributed by atoms with Gasteiger partial charge in [-0.2, -0.15) is 10.2 Å². The van der Waals surface area contributed by atoms with E-state index in [0.717, 1.165) is 0 Å². The Labute approximate surface area is 146 Å². The van der Waals surface area contributed by atoms with Crippen LogP contribution in [0.5, 0.6) is 0 Å². The van der Waals surface area contributed by atoms with Gasteiger partial charge < -0.3 is 5.32 Å². The molecule has 2 N–H and O–H groups in total. The van der Waals surface area contributed by atoms with Crippen LogP contribution in [0.1, 0.15) is 10.5 Å². The number of H-pyrrole nitrogens is 1. The summed E-state index contributed by atoms with van der Waals surface area (Å²) in [7, 11) is 0. The van der Waals surface area contributed by atoms with E-state index in [2.05, 4.69) is 30.6 Å². The molecule has 0 bridgehead atoms. The summed E-state index contributed by atoms with van der Waals surface area (Å²) in [5.41, 5.74) is 1.49. The summed E-state index contributed by atoms with van der Waals surface area (Å²) in [4.78, 5) is 20.5. The van der Waals surface area contributed by atoms with E-state index in [1.54, 1.807) is 47.4 Å². The first kappa shape index (κ1) is 15.6. The number of hydrogen-bond acceptors (Lipinski definition) is 5. The molecule has 26 heavy (non-hydrogen) atoms. The normalized spacial score (nSPS) is 10.7. The highest BCUT2D eigenvalue weighted by atomic mass is 19.1. The van der Waals surface area contributed by atoms with E-state index in [4.69, 9.17) is 0 Å². The van der Waals surface area contributed by atoms with Gasteiger partial charge in [-0.05, 0) is 36.4 Å². The van der Waals surface area contributed by atoms with Crippen molar-refractivity contribution in [2.75, 3.05) is 5.32 Å². The Kier molecular flexibility index (Phi) is 3.94. The molecule has 0 atom stereocenters. The van der Waals surface area contributed by atoms with Crippen LogP contribution in [-0.4, -0.2) is 35.9 Å². The fraction of sp³-hybridized carbons (Fsp3) is 0.